The molecule has 3 heterocycles. The van der Waals surface area contributed by atoms with E-state index < -0.39 is 5.97 Å². The number of ether oxygens (including phenoxy) is 1. The van der Waals surface area contributed by atoms with Crippen molar-refractivity contribution >= 4 is 5.97 Å². The maximum Gasteiger partial charge on any atom is 0.338 e. The minimum absolute atomic E-state index is 0.416. The molecular weight excluding hydrogens is 302 g/mol. The third-order valence-electron chi connectivity index (χ3n) is 3.60. The third kappa shape index (κ3) is 3.30. The average Bonchev–Trinajstić information content (AvgIpc) is 2.60. The Bertz CT molecular complexity index is 843. The maximum atomic E-state index is 12.0. The molecule has 0 saturated heterocycles. The van der Waals surface area contributed by atoms with Gasteiger partial charge in [0.1, 0.15) is 0 Å². The summed E-state index contributed by atoms with van der Waals surface area (Å²) < 4.78 is 4.86. The van der Waals surface area contributed by atoms with Gasteiger partial charge in [0, 0.05) is 12.4 Å². The summed E-state index contributed by atoms with van der Waals surface area (Å²) in [5.74, 6) is -0.416. The van der Waals surface area contributed by atoms with Crippen LogP contribution < -0.4 is 0 Å². The zero-order valence-corrected chi connectivity index (χ0v) is 13.8. The van der Waals surface area contributed by atoms with Crippen LogP contribution in [-0.4, -0.2) is 28.0 Å². The van der Waals surface area contributed by atoms with Gasteiger partial charge in [-0.1, -0.05) is 0 Å². The van der Waals surface area contributed by atoms with Crippen molar-refractivity contribution in [3.05, 3.63) is 65.5 Å². The minimum Gasteiger partial charge on any atom is -0.465 e. The van der Waals surface area contributed by atoms with Crippen LogP contribution in [0.5, 0.6) is 0 Å². The smallest absolute Gasteiger partial charge is 0.338 e. The molecule has 0 aliphatic rings. The minimum atomic E-state index is -0.416. The van der Waals surface area contributed by atoms with Crippen LogP contribution in [0.4, 0.5) is 0 Å². The van der Waals surface area contributed by atoms with Gasteiger partial charge in [0.15, 0.2) is 0 Å². The topological polar surface area (TPSA) is 65.0 Å². The van der Waals surface area contributed by atoms with Crippen molar-refractivity contribution in [2.75, 3.05) is 7.11 Å². The lowest BCUT2D eigenvalue weighted by Gasteiger charge is -2.08. The zero-order valence-electron chi connectivity index (χ0n) is 13.8. The van der Waals surface area contributed by atoms with Crippen LogP contribution >= 0.6 is 0 Å². The molecule has 0 radical (unpaired) electrons. The summed E-state index contributed by atoms with van der Waals surface area (Å²) in [4.78, 5) is 25.4. The summed E-state index contributed by atoms with van der Waals surface area (Å²) in [7, 11) is 1.36. The SMILES string of the molecule is COC(=O)c1cc(-c2cc(C)ccn2)nc(-c2cc(C)ccn2)c1. The van der Waals surface area contributed by atoms with Gasteiger partial charge in [0.25, 0.3) is 0 Å². The molecule has 3 rings (SSSR count). The predicted octanol–water partition coefficient (Wildman–Crippen LogP) is 3.61. The molecule has 0 amide bonds. The van der Waals surface area contributed by atoms with Gasteiger partial charge in [-0.05, 0) is 61.4 Å². The van der Waals surface area contributed by atoms with Crippen LogP contribution in [0.1, 0.15) is 21.5 Å². The zero-order chi connectivity index (χ0) is 17.1. The van der Waals surface area contributed by atoms with Gasteiger partial charge in [-0.3, -0.25) is 9.97 Å². The van der Waals surface area contributed by atoms with Crippen molar-refractivity contribution < 1.29 is 9.53 Å². The standard InChI is InChI=1S/C19H17N3O2/c1-12-4-6-20-15(8-12)17-10-14(19(23)24-3)11-18(22-17)16-9-13(2)5-7-21-16/h4-11H,1-3H3. The molecule has 3 aromatic heterocycles. The van der Waals surface area contributed by atoms with Gasteiger partial charge in [-0.25, -0.2) is 9.78 Å². The van der Waals surface area contributed by atoms with Crippen molar-refractivity contribution in [2.24, 2.45) is 0 Å². The number of aryl methyl sites for hydroxylation is 2. The highest BCUT2D eigenvalue weighted by Crippen LogP contribution is 2.24. The molecule has 0 saturated carbocycles. The molecule has 5 heteroatoms. The number of carbonyl (C=O) groups is 1. The van der Waals surface area contributed by atoms with Crippen molar-refractivity contribution in [3.8, 4) is 22.8 Å². The van der Waals surface area contributed by atoms with Gasteiger partial charge >= 0.3 is 5.97 Å². The fourth-order valence-corrected chi connectivity index (χ4v) is 2.38. The van der Waals surface area contributed by atoms with E-state index in [0.29, 0.717) is 28.3 Å². The molecule has 0 fully saturated rings. The van der Waals surface area contributed by atoms with E-state index in [1.807, 2.05) is 38.1 Å². The Morgan fingerprint density at radius 3 is 1.75 bits per heavy atom. The molecule has 5 nitrogen and oxygen atoms in total. The van der Waals surface area contributed by atoms with Crippen molar-refractivity contribution in [2.45, 2.75) is 13.8 Å². The summed E-state index contributed by atoms with van der Waals surface area (Å²) >= 11 is 0. The monoisotopic (exact) mass is 319 g/mol. The molecule has 120 valence electrons. The van der Waals surface area contributed by atoms with Gasteiger partial charge in [-0.15, -0.1) is 0 Å². The number of aromatic nitrogens is 3. The first-order chi connectivity index (χ1) is 11.6. The molecule has 0 aliphatic carbocycles. The first-order valence-electron chi connectivity index (χ1n) is 7.53. The average molecular weight is 319 g/mol. The molecule has 0 bridgehead atoms. The molecule has 0 atom stereocenters. The Balaban J connectivity index is 2.19. The summed E-state index contributed by atoms with van der Waals surface area (Å²) in [5.41, 5.74) is 5.19. The second-order valence-corrected chi connectivity index (χ2v) is 5.55. The van der Waals surface area contributed by atoms with Crippen LogP contribution in [0, 0.1) is 13.8 Å². The molecule has 0 aliphatic heterocycles. The Hall–Kier alpha value is -3.08. The lowest BCUT2D eigenvalue weighted by molar-refractivity contribution is 0.0600. The number of carbonyl (C=O) groups excluding carboxylic acids is 1. The highest BCUT2D eigenvalue weighted by atomic mass is 16.5. The lowest BCUT2D eigenvalue weighted by atomic mass is 10.1. The largest absolute Gasteiger partial charge is 0.465 e. The van der Waals surface area contributed by atoms with Gasteiger partial charge in [-0.2, -0.15) is 0 Å². The summed E-state index contributed by atoms with van der Waals surface area (Å²) in [6, 6.07) is 11.1. The van der Waals surface area contributed by atoms with E-state index in [-0.39, 0.29) is 0 Å². The molecular formula is C19H17N3O2. The highest BCUT2D eigenvalue weighted by molar-refractivity contribution is 5.91. The van der Waals surface area contributed by atoms with Crippen molar-refractivity contribution in [1.82, 2.24) is 15.0 Å². The molecule has 3 aromatic rings. The molecule has 0 N–H and O–H groups in total. The lowest BCUT2D eigenvalue weighted by Crippen LogP contribution is -2.04. The van der Waals surface area contributed by atoms with Crippen LogP contribution in [0.25, 0.3) is 22.8 Å². The Morgan fingerprint density at radius 1 is 0.833 bits per heavy atom. The van der Waals surface area contributed by atoms with E-state index in [0.717, 1.165) is 11.1 Å². The highest BCUT2D eigenvalue weighted by Gasteiger charge is 2.14. The summed E-state index contributed by atoms with van der Waals surface area (Å²) in [6.07, 6.45) is 3.45. The van der Waals surface area contributed by atoms with E-state index in [1.165, 1.54) is 7.11 Å². The number of hydrogen-bond donors (Lipinski definition) is 0. The quantitative estimate of drug-likeness (QED) is 0.690. The Kier molecular flexibility index (Phi) is 4.33. The van der Waals surface area contributed by atoms with Gasteiger partial charge in [0.2, 0.25) is 0 Å². The fourth-order valence-electron chi connectivity index (χ4n) is 2.38. The van der Waals surface area contributed by atoms with Gasteiger partial charge < -0.3 is 4.74 Å². The van der Waals surface area contributed by atoms with Crippen LogP contribution in [-0.2, 0) is 4.74 Å². The number of methoxy groups -OCH3 is 1. The molecule has 0 spiro atoms. The molecule has 0 aromatic carbocycles. The van der Waals surface area contributed by atoms with E-state index in [2.05, 4.69) is 15.0 Å². The van der Waals surface area contributed by atoms with E-state index in [4.69, 9.17) is 4.74 Å². The normalized spacial score (nSPS) is 10.5. The number of rotatable bonds is 3. The third-order valence-corrected chi connectivity index (χ3v) is 3.60. The van der Waals surface area contributed by atoms with E-state index in [9.17, 15) is 4.79 Å². The van der Waals surface area contributed by atoms with Crippen LogP contribution in [0.15, 0.2) is 48.8 Å². The second-order valence-electron chi connectivity index (χ2n) is 5.55. The number of pyridine rings is 3. The van der Waals surface area contributed by atoms with Crippen LogP contribution in [0.2, 0.25) is 0 Å². The first kappa shape index (κ1) is 15.8. The van der Waals surface area contributed by atoms with Crippen molar-refractivity contribution in [1.29, 1.82) is 0 Å². The second kappa shape index (κ2) is 6.58. The summed E-state index contributed by atoms with van der Waals surface area (Å²) in [6.45, 7) is 3.97. The number of esters is 1. The molecule has 0 unspecified atom stereocenters. The van der Waals surface area contributed by atoms with E-state index in [1.54, 1.807) is 24.5 Å². The Labute approximate surface area is 140 Å². The van der Waals surface area contributed by atoms with Crippen molar-refractivity contribution in [3.63, 3.8) is 0 Å². The maximum absolute atomic E-state index is 12.0. The molecule has 24 heavy (non-hydrogen) atoms. The fraction of sp³-hybridized carbons (Fsp3) is 0.158. The summed E-state index contributed by atoms with van der Waals surface area (Å²) in [5, 5.41) is 0. The van der Waals surface area contributed by atoms with E-state index >= 15 is 0 Å². The Morgan fingerprint density at radius 2 is 1.33 bits per heavy atom. The number of hydrogen-bond acceptors (Lipinski definition) is 5. The predicted molar refractivity (Wildman–Crippen MR) is 91.5 cm³/mol. The number of nitrogens with zero attached hydrogens (tertiary/aromatic N) is 3. The van der Waals surface area contributed by atoms with Gasteiger partial charge in [0.05, 0.1) is 35.4 Å². The van der Waals surface area contributed by atoms with Crippen LogP contribution in [0.3, 0.4) is 0 Å². The first-order valence-corrected chi connectivity index (χ1v) is 7.53.